The van der Waals surface area contributed by atoms with Crippen molar-refractivity contribution in [3.8, 4) is 0 Å². The van der Waals surface area contributed by atoms with E-state index in [2.05, 4.69) is 15.5 Å². The molecule has 26 heavy (non-hydrogen) atoms. The first kappa shape index (κ1) is 17.7. The van der Waals surface area contributed by atoms with E-state index in [1.165, 1.54) is 0 Å². The molecule has 1 aromatic heterocycles. The van der Waals surface area contributed by atoms with Gasteiger partial charge in [0.2, 0.25) is 5.91 Å². The second-order valence-corrected chi connectivity index (χ2v) is 6.28. The number of aromatic nitrogens is 2. The Morgan fingerprint density at radius 3 is 2.58 bits per heavy atom. The Morgan fingerprint density at radius 2 is 1.81 bits per heavy atom. The number of hydrogen-bond donors (Lipinski definition) is 3. The highest BCUT2D eigenvalue weighted by atomic mass is 16.4. The van der Waals surface area contributed by atoms with Crippen molar-refractivity contribution in [1.29, 1.82) is 0 Å². The summed E-state index contributed by atoms with van der Waals surface area (Å²) < 4.78 is 0. The lowest BCUT2D eigenvalue weighted by Crippen LogP contribution is -2.37. The van der Waals surface area contributed by atoms with E-state index in [1.807, 2.05) is 54.6 Å². The first-order chi connectivity index (χ1) is 12.6. The summed E-state index contributed by atoms with van der Waals surface area (Å²) in [4.78, 5) is 23.4. The number of carbonyl (C=O) groups excluding carboxylic acids is 1. The van der Waals surface area contributed by atoms with E-state index in [4.69, 9.17) is 5.11 Å². The maximum atomic E-state index is 12.5. The van der Waals surface area contributed by atoms with Crippen molar-refractivity contribution in [2.24, 2.45) is 0 Å². The smallest absolute Gasteiger partial charge is 0.303 e. The first-order valence-electron chi connectivity index (χ1n) is 8.59. The van der Waals surface area contributed by atoms with Gasteiger partial charge in [0.05, 0.1) is 17.6 Å². The third-order valence-corrected chi connectivity index (χ3v) is 4.27. The number of benzene rings is 2. The fraction of sp³-hybridized carbons (Fsp3) is 0.250. The molecule has 0 bridgehead atoms. The third kappa shape index (κ3) is 4.69. The normalized spacial score (nSPS) is 12.0. The van der Waals surface area contributed by atoms with Crippen LogP contribution in [-0.4, -0.2) is 33.2 Å². The predicted molar refractivity (Wildman–Crippen MR) is 98.7 cm³/mol. The summed E-state index contributed by atoms with van der Waals surface area (Å²) in [6, 6.07) is 17.1. The first-order valence-corrected chi connectivity index (χ1v) is 8.59. The monoisotopic (exact) mass is 351 g/mol. The summed E-state index contributed by atoms with van der Waals surface area (Å²) in [5.41, 5.74) is 2.65. The average Bonchev–Trinajstić information content (AvgIpc) is 3.03. The molecule has 0 aliphatic rings. The van der Waals surface area contributed by atoms with Gasteiger partial charge in [0.25, 0.3) is 0 Å². The van der Waals surface area contributed by atoms with Crippen LogP contribution in [0.1, 0.15) is 24.1 Å². The van der Waals surface area contributed by atoms with Crippen LogP contribution in [0.2, 0.25) is 0 Å². The maximum absolute atomic E-state index is 12.5. The van der Waals surface area contributed by atoms with Crippen LogP contribution in [0.4, 0.5) is 0 Å². The summed E-state index contributed by atoms with van der Waals surface area (Å²) in [6.07, 6.45) is 1.19. The fourth-order valence-electron chi connectivity index (χ4n) is 3.01. The molecule has 134 valence electrons. The van der Waals surface area contributed by atoms with Crippen LogP contribution >= 0.6 is 0 Å². The number of carbonyl (C=O) groups is 2. The molecular formula is C20H21N3O3. The second-order valence-electron chi connectivity index (χ2n) is 6.28. The standard InChI is InChI=1S/C20H21N3O3/c24-19(13-18-16-8-4-5-9-17(16)22-23-18)21-15(10-11-20(25)26)12-14-6-2-1-3-7-14/h1-9,15H,10-13H2,(H,21,24)(H,22,23)(H,25,26). The highest BCUT2D eigenvalue weighted by Gasteiger charge is 2.16. The second kappa shape index (κ2) is 8.29. The number of H-pyrrole nitrogens is 1. The Morgan fingerprint density at radius 1 is 1.08 bits per heavy atom. The summed E-state index contributed by atoms with van der Waals surface area (Å²) in [5.74, 6) is -1.01. The number of aromatic amines is 1. The zero-order valence-electron chi connectivity index (χ0n) is 14.3. The molecule has 1 heterocycles. The summed E-state index contributed by atoms with van der Waals surface area (Å²) in [5, 5.41) is 20.0. The molecule has 1 unspecified atom stereocenters. The van der Waals surface area contributed by atoms with Gasteiger partial charge in [0.15, 0.2) is 0 Å². The molecule has 0 saturated carbocycles. The van der Waals surface area contributed by atoms with E-state index >= 15 is 0 Å². The number of hydrogen-bond acceptors (Lipinski definition) is 3. The van der Waals surface area contributed by atoms with Crippen molar-refractivity contribution in [3.63, 3.8) is 0 Å². The molecule has 0 spiro atoms. The van der Waals surface area contributed by atoms with Crippen molar-refractivity contribution in [2.75, 3.05) is 0 Å². The Bertz CT molecular complexity index is 889. The van der Waals surface area contributed by atoms with E-state index in [9.17, 15) is 9.59 Å². The molecule has 3 N–H and O–H groups in total. The molecule has 0 aliphatic carbocycles. The zero-order valence-corrected chi connectivity index (χ0v) is 14.3. The number of nitrogens with one attached hydrogen (secondary N) is 2. The lowest BCUT2D eigenvalue weighted by Gasteiger charge is -2.18. The molecule has 1 atom stereocenters. The van der Waals surface area contributed by atoms with Gasteiger partial charge in [-0.1, -0.05) is 48.5 Å². The van der Waals surface area contributed by atoms with Gasteiger partial charge in [-0.25, -0.2) is 0 Å². The van der Waals surface area contributed by atoms with Crippen LogP contribution in [0, 0.1) is 0 Å². The fourth-order valence-corrected chi connectivity index (χ4v) is 3.01. The van der Waals surface area contributed by atoms with Crippen LogP contribution in [0.5, 0.6) is 0 Å². The van der Waals surface area contributed by atoms with Crippen LogP contribution < -0.4 is 5.32 Å². The average molecular weight is 351 g/mol. The van der Waals surface area contributed by atoms with Crippen LogP contribution in [0.3, 0.4) is 0 Å². The molecule has 6 heteroatoms. The maximum Gasteiger partial charge on any atom is 0.303 e. The van der Waals surface area contributed by atoms with Gasteiger partial charge in [-0.05, 0) is 24.5 Å². The Labute approximate surface area is 151 Å². The number of rotatable bonds is 8. The van der Waals surface area contributed by atoms with E-state index in [0.717, 1.165) is 22.2 Å². The minimum Gasteiger partial charge on any atom is -0.481 e. The number of para-hydroxylation sites is 1. The topological polar surface area (TPSA) is 95.1 Å². The lowest BCUT2D eigenvalue weighted by molar-refractivity contribution is -0.137. The van der Waals surface area contributed by atoms with Gasteiger partial charge in [-0.15, -0.1) is 0 Å². The summed E-state index contributed by atoms with van der Waals surface area (Å²) in [7, 11) is 0. The third-order valence-electron chi connectivity index (χ3n) is 4.27. The number of nitrogens with zero attached hydrogens (tertiary/aromatic N) is 1. The SMILES string of the molecule is O=C(O)CCC(Cc1ccccc1)NC(=O)Cc1[nH]nc2ccccc12. The number of fused-ring (bicyclic) bond motifs is 1. The molecule has 0 radical (unpaired) electrons. The lowest BCUT2D eigenvalue weighted by atomic mass is 10.0. The van der Waals surface area contributed by atoms with Crippen molar-refractivity contribution >= 4 is 22.8 Å². The van der Waals surface area contributed by atoms with Gasteiger partial charge >= 0.3 is 5.97 Å². The molecule has 1 amide bonds. The Balaban J connectivity index is 1.66. The van der Waals surface area contributed by atoms with Crippen molar-refractivity contribution in [3.05, 3.63) is 65.9 Å². The van der Waals surface area contributed by atoms with Crippen molar-refractivity contribution in [2.45, 2.75) is 31.7 Å². The number of carboxylic acids is 1. The minimum atomic E-state index is -0.864. The van der Waals surface area contributed by atoms with Gasteiger partial charge in [0.1, 0.15) is 0 Å². The highest BCUT2D eigenvalue weighted by Crippen LogP contribution is 2.16. The molecule has 6 nitrogen and oxygen atoms in total. The Kier molecular flexibility index (Phi) is 5.63. The quantitative estimate of drug-likeness (QED) is 0.581. The van der Waals surface area contributed by atoms with Gasteiger partial charge in [-0.2, -0.15) is 5.10 Å². The van der Waals surface area contributed by atoms with Crippen LogP contribution in [-0.2, 0) is 22.4 Å². The van der Waals surface area contributed by atoms with Crippen LogP contribution in [0.25, 0.3) is 10.9 Å². The molecule has 0 aliphatic heterocycles. The van der Waals surface area contributed by atoms with Crippen molar-refractivity contribution < 1.29 is 14.7 Å². The van der Waals surface area contributed by atoms with Crippen LogP contribution in [0.15, 0.2) is 54.6 Å². The largest absolute Gasteiger partial charge is 0.481 e. The van der Waals surface area contributed by atoms with Gasteiger partial charge in [-0.3, -0.25) is 14.7 Å². The Hall–Kier alpha value is -3.15. The molecule has 2 aromatic carbocycles. The minimum absolute atomic E-state index is 0.0186. The highest BCUT2D eigenvalue weighted by molar-refractivity contribution is 5.87. The van der Waals surface area contributed by atoms with Gasteiger partial charge < -0.3 is 10.4 Å². The molecule has 0 saturated heterocycles. The van der Waals surface area contributed by atoms with E-state index in [1.54, 1.807) is 0 Å². The molecule has 3 rings (SSSR count). The number of aliphatic carboxylic acids is 1. The molecule has 3 aromatic rings. The predicted octanol–water partition coefficient (Wildman–Crippen LogP) is 2.70. The molecule has 0 fully saturated rings. The molecular weight excluding hydrogens is 330 g/mol. The van der Waals surface area contributed by atoms with E-state index in [0.29, 0.717) is 12.8 Å². The zero-order chi connectivity index (χ0) is 18.4. The summed E-state index contributed by atoms with van der Waals surface area (Å²) in [6.45, 7) is 0. The number of amides is 1. The van der Waals surface area contributed by atoms with Crippen molar-refractivity contribution in [1.82, 2.24) is 15.5 Å². The van der Waals surface area contributed by atoms with E-state index in [-0.39, 0.29) is 24.8 Å². The summed E-state index contributed by atoms with van der Waals surface area (Å²) >= 11 is 0. The van der Waals surface area contributed by atoms with Gasteiger partial charge in [0, 0.05) is 17.8 Å². The van der Waals surface area contributed by atoms with E-state index < -0.39 is 5.97 Å². The number of carboxylic acid groups (broad SMARTS) is 1.